The molecule has 3 atom stereocenters. The van der Waals surface area contributed by atoms with E-state index in [1.165, 1.54) is 0 Å². The average Bonchev–Trinajstić information content (AvgIpc) is 2.18. The first-order chi connectivity index (χ1) is 7.19. The molecular formula is C11H16N2O2. The Morgan fingerprint density at radius 1 is 1.13 bits per heavy atom. The van der Waals surface area contributed by atoms with Gasteiger partial charge in [0.2, 0.25) is 12.2 Å². The fraction of sp³-hybridized carbons (Fsp3) is 0.818. The lowest BCUT2D eigenvalue weighted by molar-refractivity contribution is 0.224. The smallest absolute Gasteiger partial charge is 0.211 e. The summed E-state index contributed by atoms with van der Waals surface area (Å²) in [6.45, 7) is 4.25. The standard InChI is InChI=1S/C11H16N2O2/c1-8(2)10-4-3-9(12-6-14)5-11(10)13-7-15/h8-11H,3-5H2,1-2H3. The van der Waals surface area contributed by atoms with Crippen molar-refractivity contribution in [3.05, 3.63) is 0 Å². The summed E-state index contributed by atoms with van der Waals surface area (Å²) in [5, 5.41) is 0. The number of rotatable bonds is 3. The van der Waals surface area contributed by atoms with E-state index in [0.717, 1.165) is 12.8 Å². The molecule has 1 saturated carbocycles. The van der Waals surface area contributed by atoms with Gasteiger partial charge in [0.1, 0.15) is 0 Å². The molecule has 1 aliphatic rings. The van der Waals surface area contributed by atoms with Crippen LogP contribution in [0.3, 0.4) is 0 Å². The van der Waals surface area contributed by atoms with Gasteiger partial charge in [-0.25, -0.2) is 19.6 Å². The molecule has 0 radical (unpaired) electrons. The minimum atomic E-state index is -0.0293. The summed E-state index contributed by atoms with van der Waals surface area (Å²) in [4.78, 5) is 28.0. The fourth-order valence-corrected chi connectivity index (χ4v) is 2.33. The fourth-order valence-electron chi connectivity index (χ4n) is 2.33. The number of nitrogens with zero attached hydrogens (tertiary/aromatic N) is 2. The Balaban J connectivity index is 2.72. The highest BCUT2D eigenvalue weighted by Gasteiger charge is 2.32. The second-order valence-electron chi connectivity index (χ2n) is 4.38. The van der Waals surface area contributed by atoms with Gasteiger partial charge in [-0.05, 0) is 31.1 Å². The molecule has 0 amide bonds. The van der Waals surface area contributed by atoms with Gasteiger partial charge in [0.15, 0.2) is 0 Å². The minimum Gasteiger partial charge on any atom is -0.211 e. The molecule has 0 aromatic rings. The van der Waals surface area contributed by atoms with Gasteiger partial charge in [-0.15, -0.1) is 0 Å². The largest absolute Gasteiger partial charge is 0.235 e. The maximum absolute atomic E-state index is 10.3. The van der Waals surface area contributed by atoms with Gasteiger partial charge >= 0.3 is 0 Å². The maximum Gasteiger partial charge on any atom is 0.235 e. The van der Waals surface area contributed by atoms with Gasteiger partial charge in [-0.1, -0.05) is 13.8 Å². The Kier molecular flexibility index (Phi) is 4.41. The zero-order valence-electron chi connectivity index (χ0n) is 9.14. The molecule has 0 N–H and O–H groups in total. The van der Waals surface area contributed by atoms with Gasteiger partial charge < -0.3 is 0 Å². The van der Waals surface area contributed by atoms with E-state index in [2.05, 4.69) is 23.8 Å². The SMILES string of the molecule is CC(C)C1CCC(N=C=O)CC1N=C=O. The number of isocyanates is 2. The molecule has 0 bridgehead atoms. The molecule has 3 unspecified atom stereocenters. The zero-order chi connectivity index (χ0) is 11.3. The molecule has 0 heterocycles. The summed E-state index contributed by atoms with van der Waals surface area (Å²) in [5.74, 6) is 0.901. The Hall–Kier alpha value is -1.24. The van der Waals surface area contributed by atoms with Crippen molar-refractivity contribution in [1.29, 1.82) is 0 Å². The molecular weight excluding hydrogens is 192 g/mol. The average molecular weight is 208 g/mol. The lowest BCUT2D eigenvalue weighted by Crippen LogP contribution is -2.33. The quantitative estimate of drug-likeness (QED) is 0.525. The first-order valence-corrected chi connectivity index (χ1v) is 5.33. The zero-order valence-corrected chi connectivity index (χ0v) is 9.14. The summed E-state index contributed by atoms with van der Waals surface area (Å²) in [6.07, 6.45) is 5.73. The third kappa shape index (κ3) is 3.12. The Bertz CT molecular complexity index is 302. The highest BCUT2D eigenvalue weighted by atomic mass is 16.1. The number of aliphatic imine (C=N–C) groups is 2. The van der Waals surface area contributed by atoms with Crippen LogP contribution in [0.5, 0.6) is 0 Å². The van der Waals surface area contributed by atoms with Crippen molar-refractivity contribution >= 4 is 12.2 Å². The molecule has 1 rings (SSSR count). The second kappa shape index (κ2) is 5.59. The van der Waals surface area contributed by atoms with Crippen LogP contribution >= 0.6 is 0 Å². The molecule has 0 spiro atoms. The monoisotopic (exact) mass is 208 g/mol. The van der Waals surface area contributed by atoms with Gasteiger partial charge in [-0.3, -0.25) is 0 Å². The van der Waals surface area contributed by atoms with Crippen LogP contribution < -0.4 is 0 Å². The van der Waals surface area contributed by atoms with Gasteiger partial charge in [0, 0.05) is 0 Å². The first kappa shape index (κ1) is 11.8. The minimum absolute atomic E-state index is 0.0143. The van der Waals surface area contributed by atoms with E-state index in [9.17, 15) is 9.59 Å². The molecule has 4 heteroatoms. The number of hydrogen-bond acceptors (Lipinski definition) is 4. The molecule has 82 valence electrons. The van der Waals surface area contributed by atoms with E-state index in [-0.39, 0.29) is 12.1 Å². The van der Waals surface area contributed by atoms with Crippen molar-refractivity contribution in [3.63, 3.8) is 0 Å². The lowest BCUT2D eigenvalue weighted by atomic mass is 9.76. The highest BCUT2D eigenvalue weighted by molar-refractivity contribution is 5.35. The van der Waals surface area contributed by atoms with Gasteiger partial charge in [-0.2, -0.15) is 0 Å². The summed E-state index contributed by atoms with van der Waals surface area (Å²) < 4.78 is 0. The second-order valence-corrected chi connectivity index (χ2v) is 4.38. The predicted molar refractivity (Wildman–Crippen MR) is 56.0 cm³/mol. The van der Waals surface area contributed by atoms with Gasteiger partial charge in [0.05, 0.1) is 12.1 Å². The van der Waals surface area contributed by atoms with E-state index in [4.69, 9.17) is 0 Å². The van der Waals surface area contributed by atoms with E-state index < -0.39 is 0 Å². The highest BCUT2D eigenvalue weighted by Crippen LogP contribution is 2.33. The molecule has 0 aromatic carbocycles. The van der Waals surface area contributed by atoms with Crippen molar-refractivity contribution < 1.29 is 9.59 Å². The van der Waals surface area contributed by atoms with E-state index >= 15 is 0 Å². The predicted octanol–water partition coefficient (Wildman–Crippen LogP) is 1.85. The van der Waals surface area contributed by atoms with Crippen LogP contribution in [0.2, 0.25) is 0 Å². The topological polar surface area (TPSA) is 58.9 Å². The van der Waals surface area contributed by atoms with Crippen molar-refractivity contribution in [2.45, 2.75) is 45.2 Å². The van der Waals surface area contributed by atoms with Crippen LogP contribution in [-0.4, -0.2) is 24.2 Å². The normalized spacial score (nSPS) is 30.5. The summed E-state index contributed by atoms with van der Waals surface area (Å²) >= 11 is 0. The van der Waals surface area contributed by atoms with Crippen LogP contribution in [0.25, 0.3) is 0 Å². The Labute approximate surface area is 89.5 Å². The van der Waals surface area contributed by atoms with Crippen molar-refractivity contribution in [2.75, 3.05) is 0 Å². The molecule has 4 nitrogen and oxygen atoms in total. The lowest BCUT2D eigenvalue weighted by Gasteiger charge is -2.33. The molecule has 15 heavy (non-hydrogen) atoms. The van der Waals surface area contributed by atoms with Crippen molar-refractivity contribution in [2.24, 2.45) is 21.8 Å². The van der Waals surface area contributed by atoms with Crippen LogP contribution in [0.4, 0.5) is 0 Å². The van der Waals surface area contributed by atoms with Crippen LogP contribution in [0, 0.1) is 11.8 Å². The molecule has 1 aliphatic carbocycles. The molecule has 1 fully saturated rings. The number of carbonyl (C=O) groups excluding carboxylic acids is 2. The van der Waals surface area contributed by atoms with Crippen molar-refractivity contribution in [1.82, 2.24) is 0 Å². The van der Waals surface area contributed by atoms with E-state index in [1.807, 2.05) is 0 Å². The maximum atomic E-state index is 10.3. The summed E-state index contributed by atoms with van der Waals surface area (Å²) in [5.41, 5.74) is 0. The first-order valence-electron chi connectivity index (χ1n) is 5.33. The van der Waals surface area contributed by atoms with E-state index in [1.54, 1.807) is 12.2 Å². The molecule has 0 saturated heterocycles. The van der Waals surface area contributed by atoms with Crippen LogP contribution in [-0.2, 0) is 9.59 Å². The van der Waals surface area contributed by atoms with Crippen LogP contribution in [0.1, 0.15) is 33.1 Å². The summed E-state index contributed by atoms with van der Waals surface area (Å²) in [7, 11) is 0. The van der Waals surface area contributed by atoms with Gasteiger partial charge in [0.25, 0.3) is 0 Å². The molecule has 0 aromatic heterocycles. The summed E-state index contributed by atoms with van der Waals surface area (Å²) in [6, 6.07) is -0.0436. The number of hydrogen-bond donors (Lipinski definition) is 0. The van der Waals surface area contributed by atoms with Crippen molar-refractivity contribution in [3.8, 4) is 0 Å². The van der Waals surface area contributed by atoms with Crippen LogP contribution in [0.15, 0.2) is 9.98 Å². The van der Waals surface area contributed by atoms with E-state index in [0.29, 0.717) is 18.3 Å². The third-order valence-electron chi connectivity index (χ3n) is 3.15. The Morgan fingerprint density at radius 3 is 2.33 bits per heavy atom. The Morgan fingerprint density at radius 2 is 1.80 bits per heavy atom. The third-order valence-corrected chi connectivity index (χ3v) is 3.15. The molecule has 0 aliphatic heterocycles.